The Morgan fingerprint density at radius 1 is 0.897 bits per heavy atom. The Balaban J connectivity index is 1.38. The second-order valence-electron chi connectivity index (χ2n) is 6.80. The molecule has 2 aromatic carbocycles. The molecule has 4 rings (SSSR count). The Bertz CT molecular complexity index is 1160. The predicted octanol–water partition coefficient (Wildman–Crippen LogP) is 4.19. The van der Waals surface area contributed by atoms with Crippen LogP contribution in [0, 0.1) is 6.92 Å². The molecule has 2 amide bonds. The van der Waals surface area contributed by atoms with Crippen LogP contribution >= 0.6 is 0 Å². The summed E-state index contributed by atoms with van der Waals surface area (Å²) in [4.78, 5) is 24.8. The summed E-state index contributed by atoms with van der Waals surface area (Å²) >= 11 is 0. The number of benzene rings is 2. The maximum Gasteiger partial charge on any atom is 0.287 e. The third-order valence-electron chi connectivity index (χ3n) is 4.54. The lowest BCUT2D eigenvalue weighted by Crippen LogP contribution is -2.24. The first-order valence-corrected chi connectivity index (χ1v) is 9.26. The molecule has 0 radical (unpaired) electrons. The fourth-order valence-corrected chi connectivity index (χ4v) is 3.05. The summed E-state index contributed by atoms with van der Waals surface area (Å²) in [6.45, 7) is 2.59. The third kappa shape index (κ3) is 4.38. The number of aryl methyl sites for hydroxylation is 1. The predicted molar refractivity (Wildman–Crippen MR) is 108 cm³/mol. The molecule has 0 fully saturated rings. The van der Waals surface area contributed by atoms with Gasteiger partial charge < -0.3 is 19.5 Å². The van der Waals surface area contributed by atoms with E-state index in [9.17, 15) is 9.59 Å². The summed E-state index contributed by atoms with van der Waals surface area (Å²) in [5.74, 6) is 0.439. The number of carbonyl (C=O) groups excluding carboxylic acids is 2. The molecule has 0 aliphatic heterocycles. The van der Waals surface area contributed by atoms with E-state index >= 15 is 0 Å². The minimum atomic E-state index is -0.300. The number of hydrogen-bond acceptors (Lipinski definition) is 4. The van der Waals surface area contributed by atoms with Gasteiger partial charge in [-0.25, -0.2) is 0 Å². The van der Waals surface area contributed by atoms with Crippen LogP contribution in [0.25, 0.3) is 11.0 Å². The first-order valence-electron chi connectivity index (χ1n) is 9.26. The molecule has 0 aliphatic rings. The van der Waals surface area contributed by atoms with Crippen LogP contribution in [0.4, 0.5) is 0 Å². The number of amides is 2. The van der Waals surface area contributed by atoms with Crippen molar-refractivity contribution in [1.82, 2.24) is 10.6 Å². The van der Waals surface area contributed by atoms with Crippen LogP contribution in [0.3, 0.4) is 0 Å². The van der Waals surface area contributed by atoms with Crippen LogP contribution in [0.1, 0.15) is 37.8 Å². The Kier molecular flexibility index (Phi) is 5.16. The zero-order chi connectivity index (χ0) is 20.2. The molecule has 4 aromatic rings. The van der Waals surface area contributed by atoms with Crippen molar-refractivity contribution in [1.29, 1.82) is 0 Å². The van der Waals surface area contributed by atoms with Gasteiger partial charge in [0.2, 0.25) is 0 Å². The lowest BCUT2D eigenvalue weighted by molar-refractivity contribution is 0.0924. The Hall–Kier alpha value is -3.80. The van der Waals surface area contributed by atoms with E-state index in [1.807, 2.05) is 31.2 Å². The van der Waals surface area contributed by atoms with Gasteiger partial charge in [0.25, 0.3) is 11.8 Å². The van der Waals surface area contributed by atoms with Crippen molar-refractivity contribution in [2.45, 2.75) is 20.0 Å². The molecule has 0 spiro atoms. The molecule has 29 heavy (non-hydrogen) atoms. The summed E-state index contributed by atoms with van der Waals surface area (Å²) in [5, 5.41) is 6.53. The number of fused-ring (bicyclic) bond motifs is 1. The van der Waals surface area contributed by atoms with Gasteiger partial charge in [-0.15, -0.1) is 0 Å². The third-order valence-corrected chi connectivity index (χ3v) is 4.54. The van der Waals surface area contributed by atoms with Crippen LogP contribution in [0.15, 0.2) is 75.8 Å². The van der Waals surface area contributed by atoms with E-state index in [0.717, 1.165) is 16.5 Å². The molecule has 2 heterocycles. The number of carbonyl (C=O) groups is 2. The van der Waals surface area contributed by atoms with Crippen LogP contribution < -0.4 is 10.6 Å². The normalized spacial score (nSPS) is 10.8. The summed E-state index contributed by atoms with van der Waals surface area (Å²) in [6.07, 6.45) is 1.56. The first-order chi connectivity index (χ1) is 14.1. The van der Waals surface area contributed by atoms with Crippen LogP contribution in [-0.4, -0.2) is 11.8 Å². The van der Waals surface area contributed by atoms with Gasteiger partial charge in [-0.3, -0.25) is 9.59 Å². The maximum atomic E-state index is 12.4. The molecule has 6 nitrogen and oxygen atoms in total. The molecule has 0 atom stereocenters. The highest BCUT2D eigenvalue weighted by molar-refractivity contribution is 5.96. The number of nitrogens with one attached hydrogen (secondary N) is 2. The number of furan rings is 2. The molecule has 0 unspecified atom stereocenters. The lowest BCUT2D eigenvalue weighted by atomic mass is 10.1. The van der Waals surface area contributed by atoms with Gasteiger partial charge in [0.1, 0.15) is 11.3 Å². The topological polar surface area (TPSA) is 84.5 Å². The average molecular weight is 388 g/mol. The Labute approximate surface area is 167 Å². The summed E-state index contributed by atoms with van der Waals surface area (Å²) < 4.78 is 10.8. The second-order valence-corrected chi connectivity index (χ2v) is 6.80. The average Bonchev–Trinajstić information content (AvgIpc) is 3.39. The van der Waals surface area contributed by atoms with Crippen molar-refractivity contribution in [3.63, 3.8) is 0 Å². The van der Waals surface area contributed by atoms with E-state index in [-0.39, 0.29) is 24.1 Å². The van der Waals surface area contributed by atoms with Gasteiger partial charge in [-0.05, 0) is 55.0 Å². The van der Waals surface area contributed by atoms with Crippen molar-refractivity contribution in [3.8, 4) is 0 Å². The zero-order valence-corrected chi connectivity index (χ0v) is 15.9. The van der Waals surface area contributed by atoms with Crippen molar-refractivity contribution in [3.05, 3.63) is 95.1 Å². The molecule has 6 heteroatoms. The fourth-order valence-electron chi connectivity index (χ4n) is 3.05. The highest BCUT2D eigenvalue weighted by Crippen LogP contribution is 2.20. The van der Waals surface area contributed by atoms with E-state index in [1.165, 1.54) is 0 Å². The maximum absolute atomic E-state index is 12.4. The number of rotatable bonds is 6. The molecule has 2 N–H and O–H groups in total. The molecule has 0 bridgehead atoms. The van der Waals surface area contributed by atoms with Gasteiger partial charge in [0.05, 0.1) is 12.8 Å². The van der Waals surface area contributed by atoms with Gasteiger partial charge in [0, 0.05) is 17.5 Å². The van der Waals surface area contributed by atoms with E-state index in [0.29, 0.717) is 23.5 Å². The smallest absolute Gasteiger partial charge is 0.287 e. The minimum absolute atomic E-state index is 0.206. The van der Waals surface area contributed by atoms with Crippen molar-refractivity contribution < 1.29 is 18.4 Å². The highest BCUT2D eigenvalue weighted by atomic mass is 16.3. The summed E-state index contributed by atoms with van der Waals surface area (Å²) in [7, 11) is 0. The monoisotopic (exact) mass is 388 g/mol. The van der Waals surface area contributed by atoms with E-state index in [2.05, 4.69) is 10.6 Å². The van der Waals surface area contributed by atoms with Crippen molar-refractivity contribution in [2.24, 2.45) is 0 Å². The largest absolute Gasteiger partial charge is 0.467 e. The van der Waals surface area contributed by atoms with Crippen molar-refractivity contribution >= 4 is 22.8 Å². The van der Waals surface area contributed by atoms with E-state index < -0.39 is 0 Å². The van der Waals surface area contributed by atoms with E-state index in [1.54, 1.807) is 42.7 Å². The molecule has 2 aromatic heterocycles. The molecular weight excluding hydrogens is 368 g/mol. The Morgan fingerprint density at radius 3 is 2.59 bits per heavy atom. The molecule has 0 saturated heterocycles. The summed E-state index contributed by atoms with van der Waals surface area (Å²) in [6, 6.07) is 18.2. The molecule has 146 valence electrons. The van der Waals surface area contributed by atoms with Crippen LogP contribution in [0.2, 0.25) is 0 Å². The second kappa shape index (κ2) is 8.06. The van der Waals surface area contributed by atoms with E-state index in [4.69, 9.17) is 8.83 Å². The lowest BCUT2D eigenvalue weighted by Gasteiger charge is -2.07. The number of hydrogen-bond donors (Lipinski definition) is 2. The quantitative estimate of drug-likeness (QED) is 0.519. The molecule has 0 aliphatic carbocycles. The fraction of sp³-hybridized carbons (Fsp3) is 0.130. The van der Waals surface area contributed by atoms with Gasteiger partial charge in [-0.1, -0.05) is 23.8 Å². The van der Waals surface area contributed by atoms with Gasteiger partial charge >= 0.3 is 0 Å². The van der Waals surface area contributed by atoms with Crippen LogP contribution in [-0.2, 0) is 13.1 Å². The minimum Gasteiger partial charge on any atom is -0.467 e. The first kappa shape index (κ1) is 18.6. The van der Waals surface area contributed by atoms with Gasteiger partial charge in [0.15, 0.2) is 5.76 Å². The summed E-state index contributed by atoms with van der Waals surface area (Å²) in [5.41, 5.74) is 3.11. The van der Waals surface area contributed by atoms with Crippen LogP contribution in [0.5, 0.6) is 0 Å². The molecular formula is C23H20N2O4. The standard InChI is InChI=1S/C23H20N2O4/c1-15-7-8-20-18(10-15)12-21(29-20)23(27)24-13-16-4-2-5-17(11-16)22(26)25-14-19-6-3-9-28-19/h2-12H,13-14H2,1H3,(H,24,27)(H,25,26). The SMILES string of the molecule is Cc1ccc2oc(C(=O)NCc3cccc(C(=O)NCc4ccco4)c3)cc2c1. The van der Waals surface area contributed by atoms with Gasteiger partial charge in [-0.2, -0.15) is 0 Å². The molecule has 0 saturated carbocycles. The van der Waals surface area contributed by atoms with Crippen molar-refractivity contribution in [2.75, 3.05) is 0 Å². The zero-order valence-electron chi connectivity index (χ0n) is 15.9. The Morgan fingerprint density at radius 2 is 1.76 bits per heavy atom. The highest BCUT2D eigenvalue weighted by Gasteiger charge is 2.13.